The summed E-state index contributed by atoms with van der Waals surface area (Å²) < 4.78 is 1.62. The van der Waals surface area contributed by atoms with Crippen molar-refractivity contribution in [3.63, 3.8) is 0 Å². The summed E-state index contributed by atoms with van der Waals surface area (Å²) in [6.07, 6.45) is 0.104. The van der Waals surface area contributed by atoms with E-state index in [4.69, 9.17) is 11.6 Å². The van der Waals surface area contributed by atoms with E-state index in [0.29, 0.717) is 33.0 Å². The minimum absolute atomic E-state index is 0.104. The number of hydrogen-bond acceptors (Lipinski definition) is 3. The number of halogens is 1. The van der Waals surface area contributed by atoms with Gasteiger partial charge in [-0.3, -0.25) is 14.2 Å². The summed E-state index contributed by atoms with van der Waals surface area (Å²) in [5.41, 5.74) is 4.05. The van der Waals surface area contributed by atoms with Crippen molar-refractivity contribution in [1.82, 2.24) is 4.57 Å². The third-order valence-electron chi connectivity index (χ3n) is 5.27. The van der Waals surface area contributed by atoms with Gasteiger partial charge in [-0.1, -0.05) is 35.9 Å². The number of rotatable bonds is 5. The van der Waals surface area contributed by atoms with Crippen LogP contribution in [0, 0.1) is 6.92 Å². The van der Waals surface area contributed by atoms with Crippen molar-refractivity contribution < 1.29 is 14.7 Å². The van der Waals surface area contributed by atoms with Gasteiger partial charge in [-0.05, 0) is 66.6 Å². The molecule has 0 aliphatic carbocycles. The van der Waals surface area contributed by atoms with Crippen LogP contribution in [0.15, 0.2) is 72.8 Å². The Kier molecular flexibility index (Phi) is 5.89. The normalized spacial score (nSPS) is 10.9. The van der Waals surface area contributed by atoms with Gasteiger partial charge in [0.2, 0.25) is 5.91 Å². The maximum atomic E-state index is 13.3. The van der Waals surface area contributed by atoms with Crippen LogP contribution in [0.3, 0.4) is 0 Å². The van der Waals surface area contributed by atoms with Gasteiger partial charge in [0, 0.05) is 27.4 Å². The largest absolute Gasteiger partial charge is 0.392 e. The fraction of sp³-hybridized carbons (Fsp3) is 0.120. The van der Waals surface area contributed by atoms with Crippen molar-refractivity contribution in [2.24, 2.45) is 0 Å². The Hall–Kier alpha value is -3.41. The summed E-state index contributed by atoms with van der Waals surface area (Å²) >= 11 is 5.96. The van der Waals surface area contributed by atoms with Crippen molar-refractivity contribution in [2.75, 3.05) is 5.32 Å². The molecule has 5 nitrogen and oxygen atoms in total. The third-order valence-corrected chi connectivity index (χ3v) is 5.52. The van der Waals surface area contributed by atoms with E-state index in [1.807, 2.05) is 43.3 Å². The number of anilines is 1. The van der Waals surface area contributed by atoms with Crippen molar-refractivity contribution in [3.05, 3.63) is 100 Å². The van der Waals surface area contributed by atoms with Crippen LogP contribution in [-0.4, -0.2) is 21.5 Å². The zero-order chi connectivity index (χ0) is 22.0. The van der Waals surface area contributed by atoms with E-state index in [9.17, 15) is 14.7 Å². The van der Waals surface area contributed by atoms with Crippen molar-refractivity contribution in [2.45, 2.75) is 20.0 Å². The van der Waals surface area contributed by atoms with Crippen LogP contribution < -0.4 is 5.32 Å². The van der Waals surface area contributed by atoms with Gasteiger partial charge in [0.15, 0.2) is 0 Å². The van der Waals surface area contributed by atoms with Crippen molar-refractivity contribution in [1.29, 1.82) is 0 Å². The average Bonchev–Trinajstić information content (AvgIpc) is 3.05. The van der Waals surface area contributed by atoms with E-state index in [-0.39, 0.29) is 24.8 Å². The Morgan fingerprint density at radius 2 is 1.71 bits per heavy atom. The summed E-state index contributed by atoms with van der Waals surface area (Å²) in [5, 5.41) is 13.8. The Bertz CT molecular complexity index is 1260. The Morgan fingerprint density at radius 3 is 2.39 bits per heavy atom. The molecule has 0 radical (unpaired) electrons. The van der Waals surface area contributed by atoms with E-state index in [0.717, 1.165) is 10.9 Å². The second kappa shape index (κ2) is 8.76. The number of carbonyl (C=O) groups excluding carboxylic acids is 2. The molecule has 0 unspecified atom stereocenters. The molecule has 31 heavy (non-hydrogen) atoms. The number of aromatic nitrogens is 1. The summed E-state index contributed by atoms with van der Waals surface area (Å²) in [6.45, 7) is 1.71. The lowest BCUT2D eigenvalue weighted by molar-refractivity contribution is -0.115. The molecule has 0 saturated carbocycles. The van der Waals surface area contributed by atoms with Gasteiger partial charge in [-0.2, -0.15) is 0 Å². The summed E-state index contributed by atoms with van der Waals surface area (Å²) in [7, 11) is 0. The van der Waals surface area contributed by atoms with E-state index >= 15 is 0 Å². The fourth-order valence-electron chi connectivity index (χ4n) is 3.72. The number of para-hydroxylation sites is 1. The second-order valence-electron chi connectivity index (χ2n) is 7.31. The number of benzene rings is 3. The second-order valence-corrected chi connectivity index (χ2v) is 7.75. The SMILES string of the molecule is Cc1c(CC(=O)Nc2ccccc2)c2cc(CO)ccc2n1C(=O)c1ccc(Cl)cc1. The smallest absolute Gasteiger partial charge is 0.262 e. The molecule has 0 saturated heterocycles. The number of aliphatic hydroxyl groups excluding tert-OH is 1. The van der Waals surface area contributed by atoms with Gasteiger partial charge in [0.05, 0.1) is 18.5 Å². The van der Waals surface area contributed by atoms with Gasteiger partial charge in [-0.25, -0.2) is 0 Å². The van der Waals surface area contributed by atoms with Crippen LogP contribution in [0.1, 0.15) is 27.2 Å². The molecule has 6 heteroatoms. The molecule has 0 spiro atoms. The molecule has 0 aliphatic rings. The van der Waals surface area contributed by atoms with Crippen LogP contribution >= 0.6 is 11.6 Å². The highest BCUT2D eigenvalue weighted by Crippen LogP contribution is 2.29. The molecule has 0 bridgehead atoms. The Morgan fingerprint density at radius 1 is 1.00 bits per heavy atom. The van der Waals surface area contributed by atoms with Crippen LogP contribution in [0.25, 0.3) is 10.9 Å². The van der Waals surface area contributed by atoms with Gasteiger partial charge < -0.3 is 10.4 Å². The summed E-state index contributed by atoms with van der Waals surface area (Å²) in [5.74, 6) is -0.382. The highest BCUT2D eigenvalue weighted by molar-refractivity contribution is 6.30. The van der Waals surface area contributed by atoms with Crippen LogP contribution in [0.2, 0.25) is 5.02 Å². The first-order valence-corrected chi connectivity index (χ1v) is 10.2. The van der Waals surface area contributed by atoms with E-state index in [1.54, 1.807) is 41.0 Å². The predicted molar refractivity (Wildman–Crippen MR) is 123 cm³/mol. The minimum Gasteiger partial charge on any atom is -0.392 e. The zero-order valence-corrected chi connectivity index (χ0v) is 17.7. The molecule has 4 aromatic rings. The first-order valence-electron chi connectivity index (χ1n) is 9.87. The van der Waals surface area contributed by atoms with E-state index < -0.39 is 0 Å². The van der Waals surface area contributed by atoms with Gasteiger partial charge in [0.25, 0.3) is 5.91 Å². The first-order chi connectivity index (χ1) is 15.0. The number of hydrogen-bond donors (Lipinski definition) is 2. The predicted octanol–water partition coefficient (Wildman–Crippen LogP) is 4.97. The molecule has 1 heterocycles. The molecule has 1 amide bonds. The van der Waals surface area contributed by atoms with E-state index in [1.165, 1.54) is 0 Å². The van der Waals surface area contributed by atoms with Gasteiger partial charge >= 0.3 is 0 Å². The highest BCUT2D eigenvalue weighted by atomic mass is 35.5. The molecule has 0 aliphatic heterocycles. The number of nitrogens with zero attached hydrogens (tertiary/aromatic N) is 1. The van der Waals surface area contributed by atoms with Crippen molar-refractivity contribution >= 4 is 40.0 Å². The topological polar surface area (TPSA) is 71.3 Å². The third kappa shape index (κ3) is 4.24. The molecule has 156 valence electrons. The van der Waals surface area contributed by atoms with Gasteiger partial charge in [0.1, 0.15) is 0 Å². The van der Waals surface area contributed by atoms with Crippen LogP contribution in [0.4, 0.5) is 5.69 Å². The van der Waals surface area contributed by atoms with Crippen molar-refractivity contribution in [3.8, 4) is 0 Å². The lowest BCUT2D eigenvalue weighted by Gasteiger charge is -2.08. The Balaban J connectivity index is 1.77. The number of amides is 1. The summed E-state index contributed by atoms with van der Waals surface area (Å²) in [6, 6.07) is 21.4. The molecule has 0 fully saturated rings. The molecule has 4 rings (SSSR count). The standard InChI is InChI=1S/C25H21ClN2O3/c1-16-21(14-24(30)27-20-5-3-2-4-6-20)22-13-17(15-29)7-12-23(22)28(16)25(31)18-8-10-19(26)11-9-18/h2-13,29H,14-15H2,1H3,(H,27,30). The minimum atomic E-state index is -0.203. The molecule has 0 atom stereocenters. The van der Waals surface area contributed by atoms with Crippen LogP contribution in [0.5, 0.6) is 0 Å². The average molecular weight is 433 g/mol. The molecular formula is C25H21ClN2O3. The Labute approximate surface area is 184 Å². The highest BCUT2D eigenvalue weighted by Gasteiger charge is 2.22. The quantitative estimate of drug-likeness (QED) is 0.468. The molecule has 2 N–H and O–H groups in total. The first kappa shape index (κ1) is 20.8. The molecular weight excluding hydrogens is 412 g/mol. The maximum Gasteiger partial charge on any atom is 0.262 e. The van der Waals surface area contributed by atoms with Crippen LogP contribution in [-0.2, 0) is 17.8 Å². The molecule has 3 aromatic carbocycles. The summed E-state index contributed by atoms with van der Waals surface area (Å²) in [4.78, 5) is 26.1. The number of aliphatic hydroxyl groups is 1. The molecule has 1 aromatic heterocycles. The monoisotopic (exact) mass is 432 g/mol. The van der Waals surface area contributed by atoms with E-state index in [2.05, 4.69) is 5.32 Å². The number of fused-ring (bicyclic) bond motifs is 1. The lowest BCUT2D eigenvalue weighted by atomic mass is 10.1. The van der Waals surface area contributed by atoms with Gasteiger partial charge in [-0.15, -0.1) is 0 Å². The lowest BCUT2D eigenvalue weighted by Crippen LogP contribution is -2.16. The fourth-order valence-corrected chi connectivity index (χ4v) is 3.85. The number of nitrogens with one attached hydrogen (secondary N) is 1. The zero-order valence-electron chi connectivity index (χ0n) is 16.9. The number of carbonyl (C=O) groups is 2. The maximum absolute atomic E-state index is 13.3.